The van der Waals surface area contributed by atoms with Gasteiger partial charge in [-0.25, -0.2) is 0 Å². The molecule has 0 atom stereocenters. The fourth-order valence-corrected chi connectivity index (χ4v) is 3.67. The highest BCUT2D eigenvalue weighted by atomic mass is 16.6. The number of non-ortho nitro benzene ring substituents is 1. The maximum atomic E-state index is 11.1. The van der Waals surface area contributed by atoms with E-state index < -0.39 is 0 Å². The first-order chi connectivity index (χ1) is 9.48. The van der Waals surface area contributed by atoms with Crippen molar-refractivity contribution >= 4 is 5.69 Å². The number of benzene rings is 1. The predicted octanol–water partition coefficient (Wildman–Crippen LogP) is 4.23. The number of fused-ring (bicyclic) bond motifs is 1. The summed E-state index contributed by atoms with van der Waals surface area (Å²) in [6.07, 6.45) is 3.88. The van der Waals surface area contributed by atoms with E-state index in [2.05, 4.69) is 33.0 Å². The van der Waals surface area contributed by atoms with E-state index in [4.69, 9.17) is 0 Å². The van der Waals surface area contributed by atoms with Crippen LogP contribution in [0.2, 0.25) is 0 Å². The van der Waals surface area contributed by atoms with Gasteiger partial charge in [-0.1, -0.05) is 27.7 Å². The van der Waals surface area contributed by atoms with E-state index in [0.29, 0.717) is 0 Å². The van der Waals surface area contributed by atoms with Crippen LogP contribution < -0.4 is 5.32 Å². The van der Waals surface area contributed by atoms with Gasteiger partial charge in [0.1, 0.15) is 0 Å². The van der Waals surface area contributed by atoms with E-state index >= 15 is 0 Å². The van der Waals surface area contributed by atoms with Crippen molar-refractivity contribution in [2.24, 2.45) is 0 Å². The molecule has 1 heterocycles. The van der Waals surface area contributed by atoms with Gasteiger partial charge in [0.2, 0.25) is 0 Å². The van der Waals surface area contributed by atoms with E-state index in [9.17, 15) is 10.1 Å². The first-order valence-electron chi connectivity index (χ1n) is 7.57. The van der Waals surface area contributed by atoms with Gasteiger partial charge in [-0.05, 0) is 42.9 Å². The Kier molecular flexibility index (Phi) is 3.87. The van der Waals surface area contributed by atoms with Crippen molar-refractivity contribution in [1.29, 1.82) is 0 Å². The van der Waals surface area contributed by atoms with Gasteiger partial charge in [0.05, 0.1) is 4.92 Å². The standard InChI is InChI=1S/C16H24N2O2/c1-5-15(6-2)13-10-9-12(18(19)20)11-14(13)16(7-3,8-4)17-15/h9-11,17H,5-8H2,1-4H3. The Labute approximate surface area is 120 Å². The monoisotopic (exact) mass is 276 g/mol. The molecule has 0 unspecified atom stereocenters. The van der Waals surface area contributed by atoms with Crippen LogP contribution in [0.3, 0.4) is 0 Å². The fourth-order valence-electron chi connectivity index (χ4n) is 3.67. The molecule has 1 aliphatic rings. The summed E-state index contributed by atoms with van der Waals surface area (Å²) < 4.78 is 0. The van der Waals surface area contributed by atoms with Crippen LogP contribution in [0.4, 0.5) is 5.69 Å². The molecule has 1 aromatic rings. The molecular weight excluding hydrogens is 252 g/mol. The van der Waals surface area contributed by atoms with Crippen LogP contribution in [0, 0.1) is 10.1 Å². The number of hydrogen-bond donors (Lipinski definition) is 1. The lowest BCUT2D eigenvalue weighted by atomic mass is 9.82. The van der Waals surface area contributed by atoms with Crippen molar-refractivity contribution in [1.82, 2.24) is 5.32 Å². The summed E-state index contributed by atoms with van der Waals surface area (Å²) in [7, 11) is 0. The predicted molar refractivity (Wildman–Crippen MR) is 80.8 cm³/mol. The molecule has 4 heteroatoms. The molecule has 0 aliphatic carbocycles. The molecule has 1 N–H and O–H groups in total. The molecule has 1 aliphatic heterocycles. The van der Waals surface area contributed by atoms with Crippen molar-refractivity contribution in [2.75, 3.05) is 0 Å². The normalized spacial score (nSPS) is 18.8. The van der Waals surface area contributed by atoms with Crippen LogP contribution in [0.1, 0.15) is 64.5 Å². The molecule has 0 fully saturated rings. The Hall–Kier alpha value is -1.42. The van der Waals surface area contributed by atoms with Gasteiger partial charge in [-0.3, -0.25) is 15.4 Å². The smallest absolute Gasteiger partial charge is 0.269 e. The first kappa shape index (κ1) is 15.0. The minimum Gasteiger partial charge on any atom is -0.298 e. The van der Waals surface area contributed by atoms with Crippen LogP contribution in [0.15, 0.2) is 18.2 Å². The Balaban J connectivity index is 2.68. The Morgan fingerprint density at radius 3 is 1.95 bits per heavy atom. The third-order valence-electron chi connectivity index (χ3n) is 5.14. The summed E-state index contributed by atoms with van der Waals surface area (Å²) in [6.45, 7) is 8.67. The molecule has 0 saturated heterocycles. The highest BCUT2D eigenvalue weighted by Gasteiger charge is 2.48. The average Bonchev–Trinajstić information content (AvgIpc) is 2.78. The molecule has 110 valence electrons. The SMILES string of the molecule is CCC1(CC)NC(CC)(CC)c2cc([N+](=O)[O-])ccc21. The van der Waals surface area contributed by atoms with Crippen LogP contribution in [0.5, 0.6) is 0 Å². The number of nitro groups is 1. The van der Waals surface area contributed by atoms with E-state index in [1.807, 2.05) is 6.07 Å². The van der Waals surface area contributed by atoms with Crippen LogP contribution >= 0.6 is 0 Å². The minimum absolute atomic E-state index is 0.0452. The van der Waals surface area contributed by atoms with Crippen LogP contribution in [0.25, 0.3) is 0 Å². The Morgan fingerprint density at radius 1 is 1.00 bits per heavy atom. The van der Waals surface area contributed by atoms with Gasteiger partial charge in [-0.15, -0.1) is 0 Å². The molecule has 0 saturated carbocycles. The van der Waals surface area contributed by atoms with Crippen molar-refractivity contribution in [2.45, 2.75) is 64.5 Å². The zero-order valence-corrected chi connectivity index (χ0v) is 12.8. The molecule has 0 aromatic heterocycles. The van der Waals surface area contributed by atoms with Crippen molar-refractivity contribution in [3.63, 3.8) is 0 Å². The van der Waals surface area contributed by atoms with Crippen LogP contribution in [-0.4, -0.2) is 4.92 Å². The van der Waals surface area contributed by atoms with Crippen molar-refractivity contribution in [3.8, 4) is 0 Å². The molecule has 0 radical (unpaired) electrons. The lowest BCUT2D eigenvalue weighted by molar-refractivity contribution is -0.385. The molecule has 0 amide bonds. The summed E-state index contributed by atoms with van der Waals surface area (Å²) in [6, 6.07) is 5.38. The first-order valence-corrected chi connectivity index (χ1v) is 7.57. The topological polar surface area (TPSA) is 55.2 Å². The second-order valence-corrected chi connectivity index (χ2v) is 5.69. The highest BCUT2D eigenvalue weighted by molar-refractivity contribution is 5.50. The molecule has 4 nitrogen and oxygen atoms in total. The van der Waals surface area contributed by atoms with E-state index in [-0.39, 0.29) is 21.7 Å². The summed E-state index contributed by atoms with van der Waals surface area (Å²) >= 11 is 0. The Morgan fingerprint density at radius 2 is 1.50 bits per heavy atom. The summed E-state index contributed by atoms with van der Waals surface area (Å²) in [5.74, 6) is 0. The van der Waals surface area contributed by atoms with Gasteiger partial charge in [0.25, 0.3) is 5.69 Å². The summed E-state index contributed by atoms with van der Waals surface area (Å²) in [4.78, 5) is 10.8. The molecule has 1 aromatic carbocycles. The van der Waals surface area contributed by atoms with E-state index in [1.54, 1.807) is 12.1 Å². The summed E-state index contributed by atoms with van der Waals surface area (Å²) in [5, 5.41) is 14.9. The number of nitrogens with one attached hydrogen (secondary N) is 1. The maximum absolute atomic E-state index is 11.1. The third-order valence-corrected chi connectivity index (χ3v) is 5.14. The van der Waals surface area contributed by atoms with Gasteiger partial charge in [0, 0.05) is 23.2 Å². The molecule has 2 rings (SSSR count). The quantitative estimate of drug-likeness (QED) is 0.647. The lowest BCUT2D eigenvalue weighted by Gasteiger charge is -2.35. The maximum Gasteiger partial charge on any atom is 0.269 e. The highest BCUT2D eigenvalue weighted by Crippen LogP contribution is 2.48. The van der Waals surface area contributed by atoms with Crippen LogP contribution in [-0.2, 0) is 11.1 Å². The zero-order valence-electron chi connectivity index (χ0n) is 12.8. The number of hydrogen-bond acceptors (Lipinski definition) is 3. The zero-order chi connectivity index (χ0) is 15.0. The molecule has 0 bridgehead atoms. The third kappa shape index (κ3) is 1.94. The number of nitrogens with zero attached hydrogens (tertiary/aromatic N) is 1. The molecular formula is C16H24N2O2. The van der Waals surface area contributed by atoms with Gasteiger partial charge >= 0.3 is 0 Å². The van der Waals surface area contributed by atoms with Gasteiger partial charge < -0.3 is 0 Å². The van der Waals surface area contributed by atoms with E-state index in [1.165, 1.54) is 5.56 Å². The second kappa shape index (κ2) is 5.17. The van der Waals surface area contributed by atoms with Crippen molar-refractivity contribution < 1.29 is 4.92 Å². The number of nitro benzene ring substituents is 1. The minimum atomic E-state index is -0.297. The van der Waals surface area contributed by atoms with Crippen molar-refractivity contribution in [3.05, 3.63) is 39.4 Å². The average molecular weight is 276 g/mol. The largest absolute Gasteiger partial charge is 0.298 e. The summed E-state index contributed by atoms with van der Waals surface area (Å²) in [5.41, 5.74) is 2.39. The number of rotatable bonds is 5. The Bertz CT molecular complexity index is 517. The fraction of sp³-hybridized carbons (Fsp3) is 0.625. The lowest BCUT2D eigenvalue weighted by Crippen LogP contribution is -2.46. The van der Waals surface area contributed by atoms with Gasteiger partial charge in [-0.2, -0.15) is 0 Å². The molecule has 0 spiro atoms. The molecule has 20 heavy (non-hydrogen) atoms. The second-order valence-electron chi connectivity index (χ2n) is 5.69. The van der Waals surface area contributed by atoms with Gasteiger partial charge in [0.15, 0.2) is 0 Å². The van der Waals surface area contributed by atoms with E-state index in [0.717, 1.165) is 31.2 Å².